The van der Waals surface area contributed by atoms with Crippen molar-refractivity contribution in [1.29, 1.82) is 5.26 Å². The van der Waals surface area contributed by atoms with Gasteiger partial charge >= 0.3 is 0 Å². The molecule has 2 aromatic carbocycles. The number of rotatable bonds is 1. The fourth-order valence-electron chi connectivity index (χ4n) is 3.77. The normalized spacial score (nSPS) is 24.4. The molecule has 0 saturated carbocycles. The molecule has 23 heavy (non-hydrogen) atoms. The van der Waals surface area contributed by atoms with Gasteiger partial charge in [0.15, 0.2) is 0 Å². The van der Waals surface area contributed by atoms with E-state index in [1.54, 1.807) is 18.2 Å². The maximum absolute atomic E-state index is 10.2. The molecule has 4 nitrogen and oxygen atoms in total. The van der Waals surface area contributed by atoms with Crippen LogP contribution in [-0.2, 0) is 0 Å². The van der Waals surface area contributed by atoms with Crippen molar-refractivity contribution in [2.45, 2.75) is 18.4 Å². The standard InChI is InChI=1S/C19H16N2O2/c20-10-11-4-7-17-16(8-11)13-2-1-3-14(13)19(21-17)15-6-5-12(22)9-18(15)23/h1-2,4-9,13-14,19,21-23H,3H2. The summed E-state index contributed by atoms with van der Waals surface area (Å²) in [4.78, 5) is 0. The number of allylic oxidation sites excluding steroid dienone is 2. The Balaban J connectivity index is 1.81. The van der Waals surface area contributed by atoms with Crippen LogP contribution in [0.25, 0.3) is 0 Å². The number of aromatic hydroxyl groups is 2. The number of benzene rings is 2. The van der Waals surface area contributed by atoms with Gasteiger partial charge in [-0.3, -0.25) is 0 Å². The van der Waals surface area contributed by atoms with Gasteiger partial charge in [0.05, 0.1) is 17.7 Å². The molecule has 3 unspecified atom stereocenters. The second-order valence-corrected chi connectivity index (χ2v) is 6.13. The van der Waals surface area contributed by atoms with Gasteiger partial charge in [0.25, 0.3) is 0 Å². The first-order valence-electron chi connectivity index (χ1n) is 7.66. The second kappa shape index (κ2) is 5.06. The van der Waals surface area contributed by atoms with E-state index in [1.165, 1.54) is 6.07 Å². The molecule has 4 rings (SSSR count). The summed E-state index contributed by atoms with van der Waals surface area (Å²) in [6.45, 7) is 0. The Morgan fingerprint density at radius 1 is 1.09 bits per heavy atom. The Hall–Kier alpha value is -2.93. The highest BCUT2D eigenvalue weighted by Gasteiger charge is 2.38. The summed E-state index contributed by atoms with van der Waals surface area (Å²) < 4.78 is 0. The molecule has 0 saturated heterocycles. The van der Waals surface area contributed by atoms with Crippen molar-refractivity contribution in [3.8, 4) is 17.6 Å². The van der Waals surface area contributed by atoms with Crippen molar-refractivity contribution in [3.05, 3.63) is 65.2 Å². The highest BCUT2D eigenvalue weighted by molar-refractivity contribution is 5.62. The van der Waals surface area contributed by atoms with E-state index in [1.807, 2.05) is 12.1 Å². The van der Waals surface area contributed by atoms with Crippen LogP contribution >= 0.6 is 0 Å². The largest absolute Gasteiger partial charge is 0.508 e. The van der Waals surface area contributed by atoms with Gasteiger partial charge in [-0.2, -0.15) is 5.26 Å². The lowest BCUT2D eigenvalue weighted by atomic mass is 9.76. The van der Waals surface area contributed by atoms with E-state index in [0.29, 0.717) is 5.56 Å². The SMILES string of the molecule is N#Cc1ccc2c(c1)C1C=CCC1C(c1ccc(O)cc1O)N2. The van der Waals surface area contributed by atoms with Gasteiger partial charge < -0.3 is 15.5 Å². The van der Waals surface area contributed by atoms with Gasteiger partial charge in [-0.1, -0.05) is 12.2 Å². The number of hydrogen-bond acceptors (Lipinski definition) is 4. The number of nitrogens with one attached hydrogen (secondary N) is 1. The van der Waals surface area contributed by atoms with Crippen LogP contribution in [0.4, 0.5) is 5.69 Å². The predicted molar refractivity (Wildman–Crippen MR) is 87.3 cm³/mol. The number of hydrogen-bond donors (Lipinski definition) is 3. The van der Waals surface area contributed by atoms with E-state index in [-0.39, 0.29) is 29.4 Å². The van der Waals surface area contributed by atoms with Crippen molar-refractivity contribution >= 4 is 5.69 Å². The van der Waals surface area contributed by atoms with Gasteiger partial charge in [-0.05, 0) is 48.2 Å². The summed E-state index contributed by atoms with van der Waals surface area (Å²) in [6.07, 6.45) is 5.27. The lowest BCUT2D eigenvalue weighted by Crippen LogP contribution is -2.29. The lowest BCUT2D eigenvalue weighted by Gasteiger charge is -2.37. The number of anilines is 1. The first-order chi connectivity index (χ1) is 11.2. The smallest absolute Gasteiger partial charge is 0.124 e. The first kappa shape index (κ1) is 13.7. The van der Waals surface area contributed by atoms with Crippen molar-refractivity contribution in [1.82, 2.24) is 0 Å². The Labute approximate surface area is 134 Å². The third kappa shape index (κ3) is 2.13. The molecule has 1 aliphatic carbocycles. The monoisotopic (exact) mass is 304 g/mol. The van der Waals surface area contributed by atoms with Crippen LogP contribution in [0.15, 0.2) is 48.6 Å². The minimum Gasteiger partial charge on any atom is -0.508 e. The fourth-order valence-corrected chi connectivity index (χ4v) is 3.77. The van der Waals surface area contributed by atoms with Crippen LogP contribution in [0, 0.1) is 17.2 Å². The average molecular weight is 304 g/mol. The fraction of sp³-hybridized carbons (Fsp3) is 0.211. The molecule has 0 amide bonds. The lowest BCUT2D eigenvalue weighted by molar-refractivity contribution is 0.398. The van der Waals surface area contributed by atoms with Crippen molar-refractivity contribution in [2.24, 2.45) is 5.92 Å². The Kier molecular flexibility index (Phi) is 3.02. The van der Waals surface area contributed by atoms with Gasteiger partial charge in [-0.25, -0.2) is 0 Å². The highest BCUT2D eigenvalue weighted by Crippen LogP contribution is 2.51. The van der Waals surface area contributed by atoms with E-state index in [4.69, 9.17) is 5.26 Å². The molecule has 0 radical (unpaired) electrons. The molecule has 0 aromatic heterocycles. The van der Waals surface area contributed by atoms with E-state index >= 15 is 0 Å². The molecule has 3 atom stereocenters. The number of phenolic OH excluding ortho intramolecular Hbond substituents is 2. The van der Waals surface area contributed by atoms with Gasteiger partial charge in [0.2, 0.25) is 0 Å². The Morgan fingerprint density at radius 3 is 2.74 bits per heavy atom. The maximum Gasteiger partial charge on any atom is 0.124 e. The minimum absolute atomic E-state index is 0.0314. The van der Waals surface area contributed by atoms with Crippen LogP contribution < -0.4 is 5.32 Å². The van der Waals surface area contributed by atoms with Crippen LogP contribution in [0.3, 0.4) is 0 Å². The molecule has 2 aromatic rings. The zero-order valence-corrected chi connectivity index (χ0v) is 12.4. The molecule has 0 fully saturated rings. The molecule has 0 spiro atoms. The van der Waals surface area contributed by atoms with E-state index in [2.05, 4.69) is 23.5 Å². The zero-order valence-electron chi connectivity index (χ0n) is 12.4. The molecule has 2 aliphatic rings. The van der Waals surface area contributed by atoms with Crippen LogP contribution in [-0.4, -0.2) is 10.2 Å². The molecule has 3 N–H and O–H groups in total. The summed E-state index contributed by atoms with van der Waals surface area (Å²) in [5.41, 5.74) is 3.58. The summed E-state index contributed by atoms with van der Waals surface area (Å²) in [5.74, 6) is 0.678. The van der Waals surface area contributed by atoms with Gasteiger partial charge in [0, 0.05) is 23.2 Å². The summed E-state index contributed by atoms with van der Waals surface area (Å²) in [5, 5.41) is 32.4. The zero-order chi connectivity index (χ0) is 16.0. The van der Waals surface area contributed by atoms with E-state index in [0.717, 1.165) is 23.2 Å². The van der Waals surface area contributed by atoms with Crippen LogP contribution in [0.1, 0.15) is 35.1 Å². The molecule has 1 heterocycles. The van der Waals surface area contributed by atoms with E-state index in [9.17, 15) is 10.2 Å². The predicted octanol–water partition coefficient (Wildman–Crippen LogP) is 3.80. The molecule has 4 heteroatoms. The first-order valence-corrected chi connectivity index (χ1v) is 7.66. The second-order valence-electron chi connectivity index (χ2n) is 6.13. The quantitative estimate of drug-likeness (QED) is 0.700. The maximum atomic E-state index is 10.2. The summed E-state index contributed by atoms with van der Waals surface area (Å²) >= 11 is 0. The summed E-state index contributed by atoms with van der Waals surface area (Å²) in [7, 11) is 0. The molecule has 114 valence electrons. The molecular formula is C19H16N2O2. The minimum atomic E-state index is -0.0314. The van der Waals surface area contributed by atoms with Crippen molar-refractivity contribution in [2.75, 3.05) is 5.32 Å². The highest BCUT2D eigenvalue weighted by atomic mass is 16.3. The van der Waals surface area contributed by atoms with Crippen LogP contribution in [0.5, 0.6) is 11.5 Å². The Bertz CT molecular complexity index is 851. The van der Waals surface area contributed by atoms with Crippen molar-refractivity contribution < 1.29 is 10.2 Å². The van der Waals surface area contributed by atoms with Crippen molar-refractivity contribution in [3.63, 3.8) is 0 Å². The van der Waals surface area contributed by atoms with Gasteiger partial charge in [-0.15, -0.1) is 0 Å². The molecule has 1 aliphatic heterocycles. The molecular weight excluding hydrogens is 288 g/mol. The third-order valence-corrected chi connectivity index (χ3v) is 4.84. The van der Waals surface area contributed by atoms with Crippen LogP contribution in [0.2, 0.25) is 0 Å². The number of nitriles is 1. The number of phenols is 2. The van der Waals surface area contributed by atoms with E-state index < -0.39 is 0 Å². The third-order valence-electron chi connectivity index (χ3n) is 4.84. The summed E-state index contributed by atoms with van der Waals surface area (Å²) in [6, 6.07) is 12.6. The van der Waals surface area contributed by atoms with Gasteiger partial charge in [0.1, 0.15) is 11.5 Å². The topological polar surface area (TPSA) is 76.3 Å². The number of fused-ring (bicyclic) bond motifs is 3. The number of nitrogens with zero attached hydrogens (tertiary/aromatic N) is 1. The average Bonchev–Trinajstić information content (AvgIpc) is 3.04. The Morgan fingerprint density at radius 2 is 1.96 bits per heavy atom. The molecule has 0 bridgehead atoms.